The number of carbonyl (C=O) groups excluding carboxylic acids is 1. The van der Waals surface area contributed by atoms with Crippen LogP contribution in [0.5, 0.6) is 0 Å². The second-order valence-electron chi connectivity index (χ2n) is 4.96. The molecule has 0 aliphatic heterocycles. The SMILES string of the molecule is COCc1ccc(C(=O)NC2CCc3ccccc32)o1. The minimum atomic E-state index is -0.172. The zero-order valence-corrected chi connectivity index (χ0v) is 11.4. The topological polar surface area (TPSA) is 51.5 Å². The number of hydrogen-bond donors (Lipinski definition) is 1. The van der Waals surface area contributed by atoms with Crippen molar-refractivity contribution in [2.45, 2.75) is 25.5 Å². The maximum atomic E-state index is 12.2. The Morgan fingerprint density at radius 3 is 3.05 bits per heavy atom. The molecule has 0 fully saturated rings. The molecule has 104 valence electrons. The normalized spacial score (nSPS) is 16.9. The van der Waals surface area contributed by atoms with Gasteiger partial charge in [-0.1, -0.05) is 24.3 Å². The van der Waals surface area contributed by atoms with Crippen molar-refractivity contribution in [3.63, 3.8) is 0 Å². The first-order chi connectivity index (χ1) is 9.78. The molecule has 0 spiro atoms. The second kappa shape index (κ2) is 5.51. The summed E-state index contributed by atoms with van der Waals surface area (Å²) in [7, 11) is 1.59. The summed E-state index contributed by atoms with van der Waals surface area (Å²) >= 11 is 0. The van der Waals surface area contributed by atoms with Crippen molar-refractivity contribution in [1.82, 2.24) is 5.32 Å². The Hall–Kier alpha value is -2.07. The van der Waals surface area contributed by atoms with E-state index in [0.29, 0.717) is 18.1 Å². The third-order valence-electron chi connectivity index (χ3n) is 3.61. The summed E-state index contributed by atoms with van der Waals surface area (Å²) < 4.78 is 10.4. The van der Waals surface area contributed by atoms with Crippen LogP contribution in [0.3, 0.4) is 0 Å². The van der Waals surface area contributed by atoms with Gasteiger partial charge >= 0.3 is 0 Å². The summed E-state index contributed by atoms with van der Waals surface area (Å²) in [5.74, 6) is 0.819. The van der Waals surface area contributed by atoms with Crippen molar-refractivity contribution >= 4 is 5.91 Å². The first kappa shape index (κ1) is 12.9. The molecule has 1 aromatic carbocycles. The highest BCUT2D eigenvalue weighted by atomic mass is 16.5. The molecule has 3 rings (SSSR count). The minimum Gasteiger partial charge on any atom is -0.453 e. The van der Waals surface area contributed by atoms with Gasteiger partial charge in [-0.2, -0.15) is 0 Å². The smallest absolute Gasteiger partial charge is 0.287 e. The van der Waals surface area contributed by atoms with E-state index in [2.05, 4.69) is 17.4 Å². The number of ether oxygens (including phenoxy) is 1. The van der Waals surface area contributed by atoms with Crippen molar-refractivity contribution in [3.8, 4) is 0 Å². The third kappa shape index (κ3) is 2.47. The van der Waals surface area contributed by atoms with Gasteiger partial charge in [-0.05, 0) is 36.1 Å². The first-order valence-electron chi connectivity index (χ1n) is 6.74. The largest absolute Gasteiger partial charge is 0.453 e. The quantitative estimate of drug-likeness (QED) is 0.930. The zero-order valence-electron chi connectivity index (χ0n) is 11.4. The summed E-state index contributed by atoms with van der Waals surface area (Å²) in [6, 6.07) is 11.8. The van der Waals surface area contributed by atoms with E-state index in [-0.39, 0.29) is 11.9 Å². The van der Waals surface area contributed by atoms with E-state index in [1.165, 1.54) is 11.1 Å². The molecule has 1 aliphatic carbocycles. The highest BCUT2D eigenvalue weighted by Gasteiger charge is 2.24. The lowest BCUT2D eigenvalue weighted by Crippen LogP contribution is -2.26. The van der Waals surface area contributed by atoms with Crippen LogP contribution in [-0.2, 0) is 17.8 Å². The number of benzene rings is 1. The molecule has 1 amide bonds. The van der Waals surface area contributed by atoms with Crippen molar-refractivity contribution in [2.75, 3.05) is 7.11 Å². The lowest BCUT2D eigenvalue weighted by Gasteiger charge is -2.12. The summed E-state index contributed by atoms with van der Waals surface area (Å²) in [6.45, 7) is 0.375. The summed E-state index contributed by atoms with van der Waals surface area (Å²) in [5, 5.41) is 3.03. The van der Waals surface area contributed by atoms with Crippen molar-refractivity contribution in [3.05, 3.63) is 59.0 Å². The molecule has 0 bridgehead atoms. The van der Waals surface area contributed by atoms with Crippen LogP contribution in [0.2, 0.25) is 0 Å². The monoisotopic (exact) mass is 271 g/mol. The van der Waals surface area contributed by atoms with Gasteiger partial charge in [-0.3, -0.25) is 4.79 Å². The molecule has 2 aromatic rings. The lowest BCUT2D eigenvalue weighted by molar-refractivity contribution is 0.0900. The summed E-state index contributed by atoms with van der Waals surface area (Å²) in [4.78, 5) is 12.2. The fraction of sp³-hybridized carbons (Fsp3) is 0.312. The molecule has 20 heavy (non-hydrogen) atoms. The van der Waals surface area contributed by atoms with Gasteiger partial charge in [0.1, 0.15) is 12.4 Å². The maximum Gasteiger partial charge on any atom is 0.287 e. The predicted molar refractivity (Wildman–Crippen MR) is 74.4 cm³/mol. The Bertz CT molecular complexity index is 618. The van der Waals surface area contributed by atoms with E-state index >= 15 is 0 Å². The molecule has 1 atom stereocenters. The molecule has 0 radical (unpaired) electrons. The van der Waals surface area contributed by atoms with Crippen LogP contribution in [0.25, 0.3) is 0 Å². The number of amides is 1. The van der Waals surface area contributed by atoms with Crippen LogP contribution < -0.4 is 5.32 Å². The number of furan rings is 1. The molecular weight excluding hydrogens is 254 g/mol. The number of rotatable bonds is 4. The van der Waals surface area contributed by atoms with Crippen molar-refractivity contribution < 1.29 is 13.9 Å². The Kier molecular flexibility index (Phi) is 3.56. The maximum absolute atomic E-state index is 12.2. The fourth-order valence-corrected chi connectivity index (χ4v) is 2.66. The molecule has 1 aliphatic rings. The molecule has 1 N–H and O–H groups in total. The number of fused-ring (bicyclic) bond motifs is 1. The fourth-order valence-electron chi connectivity index (χ4n) is 2.66. The number of methoxy groups -OCH3 is 1. The number of nitrogens with one attached hydrogen (secondary N) is 1. The molecule has 4 nitrogen and oxygen atoms in total. The van der Waals surface area contributed by atoms with Gasteiger partial charge in [0.15, 0.2) is 5.76 Å². The Morgan fingerprint density at radius 2 is 2.20 bits per heavy atom. The minimum absolute atomic E-state index is 0.0784. The molecule has 1 unspecified atom stereocenters. The molecule has 0 saturated carbocycles. The standard InChI is InChI=1S/C16H17NO3/c1-19-10-12-7-9-15(20-12)16(18)17-14-8-6-11-4-2-3-5-13(11)14/h2-5,7,9,14H,6,8,10H2,1H3,(H,17,18). The average Bonchev–Trinajstić information content (AvgIpc) is 3.07. The van der Waals surface area contributed by atoms with Gasteiger partial charge in [-0.15, -0.1) is 0 Å². The number of aryl methyl sites for hydroxylation is 1. The summed E-state index contributed by atoms with van der Waals surface area (Å²) in [5.41, 5.74) is 2.53. The lowest BCUT2D eigenvalue weighted by atomic mass is 10.1. The van der Waals surface area contributed by atoms with Gasteiger partial charge in [0.05, 0.1) is 6.04 Å². The number of hydrogen-bond acceptors (Lipinski definition) is 3. The van der Waals surface area contributed by atoms with Gasteiger partial charge in [0.25, 0.3) is 5.91 Å². The van der Waals surface area contributed by atoms with Gasteiger partial charge in [-0.25, -0.2) is 0 Å². The van der Waals surface area contributed by atoms with E-state index in [0.717, 1.165) is 12.8 Å². The van der Waals surface area contributed by atoms with E-state index < -0.39 is 0 Å². The zero-order chi connectivity index (χ0) is 13.9. The van der Waals surface area contributed by atoms with Crippen LogP contribution in [0, 0.1) is 0 Å². The predicted octanol–water partition coefficient (Wildman–Crippen LogP) is 2.84. The third-order valence-corrected chi connectivity index (χ3v) is 3.61. The first-order valence-corrected chi connectivity index (χ1v) is 6.74. The van der Waals surface area contributed by atoms with E-state index in [1.807, 2.05) is 12.1 Å². The Balaban J connectivity index is 1.70. The van der Waals surface area contributed by atoms with Gasteiger partial charge in [0.2, 0.25) is 0 Å². The average molecular weight is 271 g/mol. The number of carbonyl (C=O) groups is 1. The second-order valence-corrected chi connectivity index (χ2v) is 4.96. The molecule has 4 heteroatoms. The molecule has 0 saturated heterocycles. The van der Waals surface area contributed by atoms with Gasteiger partial charge in [0, 0.05) is 7.11 Å². The molecular formula is C16H17NO3. The Labute approximate surface area is 117 Å². The van der Waals surface area contributed by atoms with Gasteiger partial charge < -0.3 is 14.5 Å². The summed E-state index contributed by atoms with van der Waals surface area (Å²) in [6.07, 6.45) is 1.95. The van der Waals surface area contributed by atoms with Crippen LogP contribution in [0.4, 0.5) is 0 Å². The van der Waals surface area contributed by atoms with Crippen LogP contribution >= 0.6 is 0 Å². The molecule has 1 aromatic heterocycles. The van der Waals surface area contributed by atoms with Crippen LogP contribution in [0.1, 0.15) is 39.9 Å². The van der Waals surface area contributed by atoms with E-state index in [9.17, 15) is 4.79 Å². The Morgan fingerprint density at radius 1 is 1.35 bits per heavy atom. The molecule has 1 heterocycles. The van der Waals surface area contributed by atoms with E-state index in [4.69, 9.17) is 9.15 Å². The van der Waals surface area contributed by atoms with Crippen molar-refractivity contribution in [1.29, 1.82) is 0 Å². The van der Waals surface area contributed by atoms with Crippen LogP contribution in [0.15, 0.2) is 40.8 Å². The van der Waals surface area contributed by atoms with E-state index in [1.54, 1.807) is 19.2 Å². The van der Waals surface area contributed by atoms with Crippen LogP contribution in [-0.4, -0.2) is 13.0 Å². The highest BCUT2D eigenvalue weighted by Crippen LogP contribution is 2.30. The highest BCUT2D eigenvalue weighted by molar-refractivity contribution is 5.91. The van der Waals surface area contributed by atoms with Crippen molar-refractivity contribution in [2.24, 2.45) is 0 Å².